The van der Waals surface area contributed by atoms with E-state index in [-0.39, 0.29) is 6.61 Å². The van der Waals surface area contributed by atoms with Gasteiger partial charge in [0.1, 0.15) is 24.5 Å². The fourth-order valence-corrected chi connectivity index (χ4v) is 2.05. The van der Waals surface area contributed by atoms with Crippen LogP contribution in [0, 0.1) is 0 Å². The lowest BCUT2D eigenvalue weighted by molar-refractivity contribution is 0.0472. The summed E-state index contributed by atoms with van der Waals surface area (Å²) in [7, 11) is 1.60. The van der Waals surface area contributed by atoms with Crippen LogP contribution >= 0.6 is 0 Å². The topological polar surface area (TPSA) is 66.2 Å². The van der Waals surface area contributed by atoms with Gasteiger partial charge in [0.15, 0.2) is 0 Å². The summed E-state index contributed by atoms with van der Waals surface area (Å²) in [6, 6.07) is 10.8. The van der Waals surface area contributed by atoms with Gasteiger partial charge in [0.05, 0.1) is 12.7 Å². The van der Waals surface area contributed by atoms with Gasteiger partial charge >= 0.3 is 5.97 Å². The molecule has 2 heterocycles. The summed E-state index contributed by atoms with van der Waals surface area (Å²) in [6.45, 7) is 0.180. The van der Waals surface area contributed by atoms with Gasteiger partial charge in [-0.05, 0) is 29.8 Å². The van der Waals surface area contributed by atoms with Crippen molar-refractivity contribution in [1.29, 1.82) is 0 Å². The van der Waals surface area contributed by atoms with Crippen LogP contribution in [0.15, 0.2) is 61.3 Å². The van der Waals surface area contributed by atoms with E-state index in [4.69, 9.17) is 9.47 Å². The second-order valence-corrected chi connectivity index (χ2v) is 4.80. The van der Waals surface area contributed by atoms with Crippen molar-refractivity contribution in [3.63, 3.8) is 0 Å². The average Bonchev–Trinajstić information content (AvgIpc) is 3.14. The van der Waals surface area contributed by atoms with Crippen molar-refractivity contribution in [1.82, 2.24) is 14.5 Å². The molecule has 23 heavy (non-hydrogen) atoms. The predicted octanol–water partition coefficient (Wildman–Crippen LogP) is 2.63. The molecule has 0 radical (unpaired) electrons. The second-order valence-electron chi connectivity index (χ2n) is 4.80. The number of rotatable bonds is 5. The van der Waals surface area contributed by atoms with Gasteiger partial charge in [0.2, 0.25) is 0 Å². The van der Waals surface area contributed by atoms with Crippen molar-refractivity contribution in [3.8, 4) is 11.6 Å². The molecule has 0 bridgehead atoms. The SMILES string of the molecule is COc1cccc(COC(=O)c2ccc(-n3ccnc3)nc2)c1. The van der Waals surface area contributed by atoms with E-state index in [1.54, 1.807) is 42.5 Å². The lowest BCUT2D eigenvalue weighted by Gasteiger charge is -2.07. The molecule has 0 spiro atoms. The Balaban J connectivity index is 1.64. The summed E-state index contributed by atoms with van der Waals surface area (Å²) in [6.07, 6.45) is 6.58. The van der Waals surface area contributed by atoms with Crippen molar-refractivity contribution < 1.29 is 14.3 Å². The highest BCUT2D eigenvalue weighted by atomic mass is 16.5. The molecule has 6 heteroatoms. The van der Waals surface area contributed by atoms with Gasteiger partial charge in [0.25, 0.3) is 0 Å². The number of carbonyl (C=O) groups excluding carboxylic acids is 1. The van der Waals surface area contributed by atoms with Crippen molar-refractivity contribution in [3.05, 3.63) is 72.4 Å². The molecule has 116 valence electrons. The third-order valence-corrected chi connectivity index (χ3v) is 3.26. The van der Waals surface area contributed by atoms with E-state index in [9.17, 15) is 4.79 Å². The van der Waals surface area contributed by atoms with E-state index >= 15 is 0 Å². The van der Waals surface area contributed by atoms with E-state index in [1.807, 2.05) is 24.3 Å². The Kier molecular flexibility index (Phi) is 4.33. The van der Waals surface area contributed by atoms with Crippen molar-refractivity contribution in [2.75, 3.05) is 7.11 Å². The molecule has 0 aliphatic carbocycles. The van der Waals surface area contributed by atoms with Gasteiger partial charge in [-0.2, -0.15) is 0 Å². The maximum absolute atomic E-state index is 12.1. The number of methoxy groups -OCH3 is 1. The van der Waals surface area contributed by atoms with Crippen LogP contribution in [0.1, 0.15) is 15.9 Å². The number of imidazole rings is 1. The van der Waals surface area contributed by atoms with Crippen LogP contribution in [0.4, 0.5) is 0 Å². The number of esters is 1. The Morgan fingerprint density at radius 2 is 2.17 bits per heavy atom. The number of benzene rings is 1. The number of ether oxygens (including phenoxy) is 2. The molecule has 0 aliphatic heterocycles. The van der Waals surface area contributed by atoms with Crippen LogP contribution in [0.2, 0.25) is 0 Å². The smallest absolute Gasteiger partial charge is 0.340 e. The standard InChI is InChI=1S/C17H15N3O3/c1-22-15-4-2-3-13(9-15)11-23-17(21)14-5-6-16(19-10-14)20-8-7-18-12-20/h2-10,12H,11H2,1H3. The van der Waals surface area contributed by atoms with Crippen molar-refractivity contribution in [2.24, 2.45) is 0 Å². The van der Waals surface area contributed by atoms with Crippen LogP contribution in [0.25, 0.3) is 5.82 Å². The summed E-state index contributed by atoms with van der Waals surface area (Å²) in [5.41, 5.74) is 1.26. The maximum Gasteiger partial charge on any atom is 0.340 e. The first-order chi connectivity index (χ1) is 11.3. The van der Waals surface area contributed by atoms with Crippen LogP contribution in [-0.2, 0) is 11.3 Å². The van der Waals surface area contributed by atoms with Crippen molar-refractivity contribution in [2.45, 2.75) is 6.61 Å². The summed E-state index contributed by atoms with van der Waals surface area (Å²) >= 11 is 0. The summed E-state index contributed by atoms with van der Waals surface area (Å²) in [5, 5.41) is 0. The zero-order valence-electron chi connectivity index (χ0n) is 12.5. The molecule has 0 fully saturated rings. The Hall–Kier alpha value is -3.15. The zero-order chi connectivity index (χ0) is 16.1. The van der Waals surface area contributed by atoms with Gasteiger partial charge in [-0.3, -0.25) is 4.57 Å². The number of carbonyl (C=O) groups is 1. The minimum absolute atomic E-state index is 0.180. The molecule has 3 aromatic rings. The molecule has 0 saturated carbocycles. The first-order valence-electron chi connectivity index (χ1n) is 7.01. The first kappa shape index (κ1) is 14.8. The van der Waals surface area contributed by atoms with E-state index < -0.39 is 5.97 Å². The fraction of sp³-hybridized carbons (Fsp3) is 0.118. The summed E-state index contributed by atoms with van der Waals surface area (Å²) in [5.74, 6) is 0.995. The molecule has 2 aromatic heterocycles. The van der Waals surface area contributed by atoms with Gasteiger partial charge in [-0.25, -0.2) is 14.8 Å². The number of hydrogen-bond donors (Lipinski definition) is 0. The molecule has 0 aliphatic rings. The number of pyridine rings is 1. The summed E-state index contributed by atoms with van der Waals surface area (Å²) < 4.78 is 12.2. The Morgan fingerprint density at radius 1 is 1.26 bits per heavy atom. The van der Waals surface area contributed by atoms with Crippen LogP contribution < -0.4 is 4.74 Å². The molecule has 1 aromatic carbocycles. The largest absolute Gasteiger partial charge is 0.497 e. The molecule has 3 rings (SSSR count). The minimum Gasteiger partial charge on any atom is -0.497 e. The highest BCUT2D eigenvalue weighted by molar-refractivity contribution is 5.89. The van der Waals surface area contributed by atoms with E-state index in [1.165, 1.54) is 6.20 Å². The monoisotopic (exact) mass is 309 g/mol. The quantitative estimate of drug-likeness (QED) is 0.678. The van der Waals surface area contributed by atoms with Gasteiger partial charge in [0, 0.05) is 18.6 Å². The average molecular weight is 309 g/mol. The molecule has 6 nitrogen and oxygen atoms in total. The number of aromatic nitrogens is 3. The van der Waals surface area contributed by atoms with E-state index in [0.717, 1.165) is 11.3 Å². The molecule has 0 saturated heterocycles. The maximum atomic E-state index is 12.1. The van der Waals surface area contributed by atoms with Crippen LogP contribution in [0.5, 0.6) is 5.75 Å². The highest BCUT2D eigenvalue weighted by Gasteiger charge is 2.09. The lowest BCUT2D eigenvalue weighted by atomic mass is 10.2. The molecular weight excluding hydrogens is 294 g/mol. The van der Waals surface area contributed by atoms with Crippen LogP contribution in [0.3, 0.4) is 0 Å². The third kappa shape index (κ3) is 3.55. The number of nitrogens with zero attached hydrogens (tertiary/aromatic N) is 3. The second kappa shape index (κ2) is 6.74. The van der Waals surface area contributed by atoms with Gasteiger partial charge < -0.3 is 9.47 Å². The Bertz CT molecular complexity index is 783. The lowest BCUT2D eigenvalue weighted by Crippen LogP contribution is -2.06. The van der Waals surface area contributed by atoms with Crippen LogP contribution in [-0.4, -0.2) is 27.6 Å². The molecule has 0 N–H and O–H groups in total. The minimum atomic E-state index is -0.419. The predicted molar refractivity (Wildman–Crippen MR) is 83.5 cm³/mol. The van der Waals surface area contributed by atoms with Gasteiger partial charge in [-0.15, -0.1) is 0 Å². The normalized spacial score (nSPS) is 10.3. The van der Waals surface area contributed by atoms with Crippen molar-refractivity contribution >= 4 is 5.97 Å². The zero-order valence-corrected chi connectivity index (χ0v) is 12.5. The summed E-state index contributed by atoms with van der Waals surface area (Å²) in [4.78, 5) is 20.2. The Labute approximate surface area is 133 Å². The highest BCUT2D eigenvalue weighted by Crippen LogP contribution is 2.14. The Morgan fingerprint density at radius 3 is 2.87 bits per heavy atom. The molecule has 0 atom stereocenters. The molecular formula is C17H15N3O3. The molecule has 0 unspecified atom stereocenters. The van der Waals surface area contributed by atoms with E-state index in [0.29, 0.717) is 11.4 Å². The van der Waals surface area contributed by atoms with Gasteiger partial charge in [-0.1, -0.05) is 12.1 Å². The fourth-order valence-electron chi connectivity index (χ4n) is 2.05. The third-order valence-electron chi connectivity index (χ3n) is 3.26. The molecule has 0 amide bonds. The first-order valence-corrected chi connectivity index (χ1v) is 7.01. The number of hydrogen-bond acceptors (Lipinski definition) is 5. The van der Waals surface area contributed by atoms with E-state index in [2.05, 4.69) is 9.97 Å².